The molecule has 0 aliphatic heterocycles. The first-order valence-corrected chi connectivity index (χ1v) is 6.70. The third-order valence-corrected chi connectivity index (χ3v) is 3.40. The van der Waals surface area contributed by atoms with E-state index in [2.05, 4.69) is 27.5 Å². The van der Waals surface area contributed by atoms with Gasteiger partial charge in [0.1, 0.15) is 5.82 Å². The van der Waals surface area contributed by atoms with Crippen LogP contribution in [-0.4, -0.2) is 14.5 Å². The Labute approximate surface area is 116 Å². The molecule has 0 saturated carbocycles. The van der Waals surface area contributed by atoms with Gasteiger partial charge in [0, 0.05) is 29.9 Å². The number of pyridine rings is 1. The van der Waals surface area contributed by atoms with Gasteiger partial charge in [-0.15, -0.1) is 0 Å². The highest BCUT2D eigenvalue weighted by molar-refractivity contribution is 6.30. The second-order valence-corrected chi connectivity index (χ2v) is 4.84. The van der Waals surface area contributed by atoms with Gasteiger partial charge in [0.15, 0.2) is 0 Å². The molecular formula is C15H14ClN3. The summed E-state index contributed by atoms with van der Waals surface area (Å²) in [5, 5.41) is 0.712. The van der Waals surface area contributed by atoms with Crippen molar-refractivity contribution in [3.05, 3.63) is 59.1 Å². The van der Waals surface area contributed by atoms with Crippen LogP contribution in [0, 0.1) is 0 Å². The van der Waals surface area contributed by atoms with Crippen molar-refractivity contribution in [3.63, 3.8) is 0 Å². The lowest BCUT2D eigenvalue weighted by molar-refractivity contribution is 0.729. The van der Waals surface area contributed by atoms with Gasteiger partial charge in [-0.25, -0.2) is 4.98 Å². The molecular weight excluding hydrogens is 258 g/mol. The maximum Gasteiger partial charge on any atom is 0.115 e. The van der Waals surface area contributed by atoms with E-state index in [1.807, 2.05) is 24.3 Å². The summed E-state index contributed by atoms with van der Waals surface area (Å²) in [4.78, 5) is 9.03. The van der Waals surface area contributed by atoms with E-state index in [9.17, 15) is 0 Å². The summed E-state index contributed by atoms with van der Waals surface area (Å²) in [6.07, 6.45) is 2.43. The van der Waals surface area contributed by atoms with Crippen LogP contribution < -0.4 is 0 Å². The molecule has 1 aromatic carbocycles. The molecule has 0 bridgehead atoms. The van der Waals surface area contributed by atoms with Crippen molar-refractivity contribution < 1.29 is 0 Å². The molecule has 0 radical (unpaired) electrons. The third-order valence-electron chi connectivity index (χ3n) is 3.17. The third kappa shape index (κ3) is 2.34. The van der Waals surface area contributed by atoms with E-state index in [1.165, 1.54) is 5.52 Å². The number of aryl methyl sites for hydroxylation is 1. The van der Waals surface area contributed by atoms with Crippen LogP contribution in [0.15, 0.2) is 42.6 Å². The Morgan fingerprint density at radius 1 is 1.21 bits per heavy atom. The lowest BCUT2D eigenvalue weighted by Gasteiger charge is -2.05. The van der Waals surface area contributed by atoms with Gasteiger partial charge in [-0.3, -0.25) is 4.98 Å². The Hall–Kier alpha value is -1.87. The van der Waals surface area contributed by atoms with Crippen LogP contribution in [0.4, 0.5) is 0 Å². The quantitative estimate of drug-likeness (QED) is 0.727. The largest absolute Gasteiger partial charge is 0.328 e. The lowest BCUT2D eigenvalue weighted by Crippen LogP contribution is -2.03. The monoisotopic (exact) mass is 271 g/mol. The number of nitrogens with zero attached hydrogens (tertiary/aromatic N) is 3. The fourth-order valence-electron chi connectivity index (χ4n) is 2.32. The van der Waals surface area contributed by atoms with E-state index in [0.717, 1.165) is 23.6 Å². The topological polar surface area (TPSA) is 30.7 Å². The van der Waals surface area contributed by atoms with E-state index in [0.29, 0.717) is 11.4 Å². The number of fused-ring (bicyclic) bond motifs is 1. The average Bonchev–Trinajstić information content (AvgIpc) is 2.75. The molecule has 0 amide bonds. The van der Waals surface area contributed by atoms with E-state index >= 15 is 0 Å². The number of hydrogen-bond donors (Lipinski definition) is 0. The molecule has 0 fully saturated rings. The summed E-state index contributed by atoms with van der Waals surface area (Å²) in [6.45, 7) is 3.03. The molecule has 4 heteroatoms. The van der Waals surface area contributed by atoms with Gasteiger partial charge in [0.2, 0.25) is 0 Å². The van der Waals surface area contributed by atoms with E-state index in [-0.39, 0.29) is 0 Å². The highest BCUT2D eigenvalue weighted by atomic mass is 35.5. The first-order chi connectivity index (χ1) is 9.28. The Morgan fingerprint density at radius 2 is 2.05 bits per heavy atom. The van der Waals surface area contributed by atoms with Crippen molar-refractivity contribution in [1.29, 1.82) is 0 Å². The predicted molar refractivity (Wildman–Crippen MR) is 77.5 cm³/mol. The highest BCUT2D eigenvalue weighted by Crippen LogP contribution is 2.18. The second kappa shape index (κ2) is 5.02. The van der Waals surface area contributed by atoms with E-state index in [1.54, 1.807) is 12.3 Å². The summed E-state index contributed by atoms with van der Waals surface area (Å²) >= 11 is 6.00. The van der Waals surface area contributed by atoms with E-state index < -0.39 is 0 Å². The summed E-state index contributed by atoms with van der Waals surface area (Å²) in [6, 6.07) is 11.9. The molecule has 0 spiro atoms. The van der Waals surface area contributed by atoms with Crippen molar-refractivity contribution >= 4 is 22.6 Å². The maximum absolute atomic E-state index is 6.00. The fraction of sp³-hybridized carbons (Fsp3) is 0.200. The standard InChI is InChI=1S/C15H14ClN3/c1-2-19-14-6-4-3-5-13(14)18-15(19)10-12-9-11(16)7-8-17-12/h3-9H,2,10H2,1H3. The van der Waals surface area contributed by atoms with Crippen molar-refractivity contribution in [3.8, 4) is 0 Å². The van der Waals surface area contributed by atoms with Crippen LogP contribution in [-0.2, 0) is 13.0 Å². The number of benzene rings is 1. The molecule has 0 aliphatic carbocycles. The van der Waals surface area contributed by atoms with Gasteiger partial charge >= 0.3 is 0 Å². The molecule has 0 unspecified atom stereocenters. The Bertz CT molecular complexity index is 718. The zero-order valence-corrected chi connectivity index (χ0v) is 11.4. The zero-order chi connectivity index (χ0) is 13.2. The number of halogens is 1. The van der Waals surface area contributed by atoms with Gasteiger partial charge in [-0.2, -0.15) is 0 Å². The molecule has 2 heterocycles. The first-order valence-electron chi connectivity index (χ1n) is 6.32. The molecule has 0 atom stereocenters. The van der Waals surface area contributed by atoms with Gasteiger partial charge < -0.3 is 4.57 Å². The lowest BCUT2D eigenvalue weighted by atomic mass is 10.2. The first kappa shape index (κ1) is 12.2. The minimum atomic E-state index is 0.698. The molecule has 0 aliphatic rings. The molecule has 3 nitrogen and oxygen atoms in total. The number of hydrogen-bond acceptors (Lipinski definition) is 2. The molecule has 3 rings (SSSR count). The van der Waals surface area contributed by atoms with Crippen LogP contribution in [0.3, 0.4) is 0 Å². The van der Waals surface area contributed by atoms with Gasteiger partial charge in [-0.1, -0.05) is 23.7 Å². The Kier molecular flexibility index (Phi) is 3.22. The van der Waals surface area contributed by atoms with Gasteiger partial charge in [0.25, 0.3) is 0 Å². The Balaban J connectivity index is 2.05. The average molecular weight is 272 g/mol. The number of para-hydroxylation sites is 2. The van der Waals surface area contributed by atoms with Crippen LogP contribution in [0.1, 0.15) is 18.4 Å². The zero-order valence-electron chi connectivity index (χ0n) is 10.7. The van der Waals surface area contributed by atoms with Crippen LogP contribution in [0.25, 0.3) is 11.0 Å². The Morgan fingerprint density at radius 3 is 2.84 bits per heavy atom. The summed E-state index contributed by atoms with van der Waals surface area (Å²) < 4.78 is 2.22. The maximum atomic E-state index is 6.00. The number of aromatic nitrogens is 3. The number of imidazole rings is 1. The van der Waals surface area contributed by atoms with Crippen LogP contribution >= 0.6 is 11.6 Å². The van der Waals surface area contributed by atoms with E-state index in [4.69, 9.17) is 11.6 Å². The molecule has 19 heavy (non-hydrogen) atoms. The van der Waals surface area contributed by atoms with Crippen molar-refractivity contribution in [2.24, 2.45) is 0 Å². The van der Waals surface area contributed by atoms with Gasteiger partial charge in [0.05, 0.1) is 11.0 Å². The molecule has 2 aromatic heterocycles. The number of rotatable bonds is 3. The molecule has 96 valence electrons. The molecule has 0 saturated heterocycles. The van der Waals surface area contributed by atoms with Crippen LogP contribution in [0.2, 0.25) is 5.02 Å². The summed E-state index contributed by atoms with van der Waals surface area (Å²) in [5.74, 6) is 1.03. The predicted octanol–water partition coefficient (Wildman–Crippen LogP) is 3.70. The summed E-state index contributed by atoms with van der Waals surface area (Å²) in [5.41, 5.74) is 3.14. The SMILES string of the molecule is CCn1c(Cc2cc(Cl)ccn2)nc2ccccc21. The van der Waals surface area contributed by atoms with Crippen molar-refractivity contribution in [2.45, 2.75) is 19.9 Å². The minimum Gasteiger partial charge on any atom is -0.328 e. The van der Waals surface area contributed by atoms with Gasteiger partial charge in [-0.05, 0) is 31.2 Å². The highest BCUT2D eigenvalue weighted by Gasteiger charge is 2.10. The molecule has 3 aromatic rings. The molecule has 0 N–H and O–H groups in total. The van der Waals surface area contributed by atoms with Crippen molar-refractivity contribution in [2.75, 3.05) is 0 Å². The van der Waals surface area contributed by atoms with Crippen molar-refractivity contribution in [1.82, 2.24) is 14.5 Å². The summed E-state index contributed by atoms with van der Waals surface area (Å²) in [7, 11) is 0. The van der Waals surface area contributed by atoms with Crippen LogP contribution in [0.5, 0.6) is 0 Å². The second-order valence-electron chi connectivity index (χ2n) is 4.40. The smallest absolute Gasteiger partial charge is 0.115 e. The minimum absolute atomic E-state index is 0.698. The normalized spacial score (nSPS) is 11.1. The fourth-order valence-corrected chi connectivity index (χ4v) is 2.50.